The second-order valence-corrected chi connectivity index (χ2v) is 6.32. The van der Waals surface area contributed by atoms with Crippen LogP contribution in [0.3, 0.4) is 0 Å². The maximum Gasteiger partial charge on any atom is 0.0491 e. The predicted molar refractivity (Wildman–Crippen MR) is 119 cm³/mol. The number of fused-ring (bicyclic) bond motifs is 3. The number of halogens is 2. The van der Waals surface area contributed by atoms with E-state index in [1.165, 1.54) is 27.4 Å². The Labute approximate surface area is 169 Å². The van der Waals surface area contributed by atoms with Crippen molar-refractivity contribution in [1.82, 2.24) is 14.8 Å². The molecule has 0 unspecified atom stereocenters. The Bertz CT molecular complexity index is 809. The number of hydrogen-bond donors (Lipinski definition) is 1. The lowest BCUT2D eigenvalue weighted by Gasteiger charge is -2.18. The number of likely N-dealkylation sites (N-methyl/N-ethyl adjacent to an activating group) is 1. The molecule has 144 valence electrons. The number of aromatic nitrogens is 1. The molecule has 0 saturated carbocycles. The average molecular weight is 396 g/mol. The molecular weight excluding hydrogens is 365 g/mol. The zero-order valence-corrected chi connectivity index (χ0v) is 17.6. The standard InChI is InChI=1S/C21H29N3.2ClH/c1-4-23(5-2)14-13-22-16-17-11-12-21-19(15-17)18-9-7-8-10-20(18)24(21)6-3;;/h7-12,15,22H,4-6,13-14,16H2,1-3H3;2*1H. The molecule has 0 aliphatic rings. The van der Waals surface area contributed by atoms with Crippen LogP contribution in [0.2, 0.25) is 0 Å². The minimum absolute atomic E-state index is 0. The molecular formula is C21H31Cl2N3. The van der Waals surface area contributed by atoms with E-state index < -0.39 is 0 Å². The van der Waals surface area contributed by atoms with Crippen LogP contribution in [-0.4, -0.2) is 35.6 Å². The van der Waals surface area contributed by atoms with Crippen LogP contribution in [-0.2, 0) is 13.1 Å². The molecule has 0 fully saturated rings. The van der Waals surface area contributed by atoms with Gasteiger partial charge in [-0.2, -0.15) is 0 Å². The second kappa shape index (κ2) is 10.8. The molecule has 0 bridgehead atoms. The van der Waals surface area contributed by atoms with Gasteiger partial charge in [0, 0.05) is 48.0 Å². The van der Waals surface area contributed by atoms with Crippen LogP contribution < -0.4 is 5.32 Å². The van der Waals surface area contributed by atoms with E-state index >= 15 is 0 Å². The lowest BCUT2D eigenvalue weighted by atomic mass is 10.1. The highest BCUT2D eigenvalue weighted by atomic mass is 35.5. The summed E-state index contributed by atoms with van der Waals surface area (Å²) >= 11 is 0. The van der Waals surface area contributed by atoms with E-state index in [1.807, 2.05) is 0 Å². The van der Waals surface area contributed by atoms with Crippen molar-refractivity contribution in [2.45, 2.75) is 33.9 Å². The maximum atomic E-state index is 3.59. The van der Waals surface area contributed by atoms with E-state index in [2.05, 4.69) is 78.0 Å². The van der Waals surface area contributed by atoms with Crippen molar-refractivity contribution < 1.29 is 0 Å². The van der Waals surface area contributed by atoms with E-state index in [-0.39, 0.29) is 24.8 Å². The van der Waals surface area contributed by atoms with Crippen molar-refractivity contribution in [3.05, 3.63) is 48.0 Å². The quantitative estimate of drug-likeness (QED) is 0.536. The molecule has 3 nitrogen and oxygen atoms in total. The third kappa shape index (κ3) is 4.72. The first kappa shape index (κ1) is 22.8. The molecule has 0 radical (unpaired) electrons. The van der Waals surface area contributed by atoms with E-state index in [9.17, 15) is 0 Å². The SMILES string of the molecule is CCN(CC)CCNCc1ccc2c(c1)c1ccccc1n2CC.Cl.Cl. The number of nitrogens with one attached hydrogen (secondary N) is 1. The van der Waals surface area contributed by atoms with Crippen LogP contribution in [0.15, 0.2) is 42.5 Å². The van der Waals surface area contributed by atoms with Crippen molar-refractivity contribution in [3.8, 4) is 0 Å². The predicted octanol–water partition coefficient (Wildman–Crippen LogP) is 5.09. The first-order valence-corrected chi connectivity index (χ1v) is 9.21. The topological polar surface area (TPSA) is 20.2 Å². The van der Waals surface area contributed by atoms with E-state index in [0.29, 0.717) is 0 Å². The number of aryl methyl sites for hydroxylation is 1. The number of rotatable bonds is 8. The molecule has 5 heteroatoms. The van der Waals surface area contributed by atoms with Crippen LogP contribution in [0.4, 0.5) is 0 Å². The van der Waals surface area contributed by atoms with Gasteiger partial charge in [-0.1, -0.05) is 38.1 Å². The van der Waals surface area contributed by atoms with E-state index in [4.69, 9.17) is 0 Å². The molecule has 0 spiro atoms. The van der Waals surface area contributed by atoms with Gasteiger partial charge in [-0.15, -0.1) is 24.8 Å². The molecule has 3 rings (SSSR count). The molecule has 1 N–H and O–H groups in total. The largest absolute Gasteiger partial charge is 0.341 e. The maximum absolute atomic E-state index is 3.59. The zero-order valence-electron chi connectivity index (χ0n) is 16.0. The highest BCUT2D eigenvalue weighted by Crippen LogP contribution is 2.29. The van der Waals surface area contributed by atoms with Crippen LogP contribution >= 0.6 is 24.8 Å². The van der Waals surface area contributed by atoms with Gasteiger partial charge in [0.15, 0.2) is 0 Å². The van der Waals surface area contributed by atoms with Crippen LogP contribution in [0, 0.1) is 0 Å². The summed E-state index contributed by atoms with van der Waals surface area (Å²) in [7, 11) is 0. The van der Waals surface area contributed by atoms with Gasteiger partial charge < -0.3 is 14.8 Å². The van der Waals surface area contributed by atoms with Gasteiger partial charge in [0.2, 0.25) is 0 Å². The van der Waals surface area contributed by atoms with Gasteiger partial charge >= 0.3 is 0 Å². The Morgan fingerprint density at radius 2 is 1.58 bits per heavy atom. The summed E-state index contributed by atoms with van der Waals surface area (Å²) in [5.74, 6) is 0. The normalized spacial score (nSPS) is 10.9. The summed E-state index contributed by atoms with van der Waals surface area (Å²) in [6, 6.07) is 15.6. The van der Waals surface area contributed by atoms with Crippen LogP contribution in [0.25, 0.3) is 21.8 Å². The fourth-order valence-electron chi connectivity index (χ4n) is 3.56. The van der Waals surface area contributed by atoms with Gasteiger partial charge in [0.05, 0.1) is 0 Å². The minimum atomic E-state index is 0. The zero-order chi connectivity index (χ0) is 16.9. The Kier molecular flexibility index (Phi) is 9.45. The molecule has 0 amide bonds. The number of benzene rings is 2. The number of para-hydroxylation sites is 1. The van der Waals surface area contributed by atoms with Gasteiger partial charge in [-0.25, -0.2) is 0 Å². The molecule has 0 saturated heterocycles. The molecule has 0 aliphatic heterocycles. The van der Waals surface area contributed by atoms with Crippen LogP contribution in [0.1, 0.15) is 26.3 Å². The molecule has 0 aliphatic carbocycles. The third-order valence-corrected chi connectivity index (χ3v) is 4.98. The lowest BCUT2D eigenvalue weighted by Crippen LogP contribution is -2.31. The second-order valence-electron chi connectivity index (χ2n) is 6.32. The highest BCUT2D eigenvalue weighted by molar-refractivity contribution is 6.08. The first-order chi connectivity index (χ1) is 11.8. The fraction of sp³-hybridized carbons (Fsp3) is 0.429. The smallest absolute Gasteiger partial charge is 0.0491 e. The Morgan fingerprint density at radius 1 is 0.885 bits per heavy atom. The number of nitrogens with zero attached hydrogens (tertiary/aromatic N) is 2. The molecule has 1 aromatic heterocycles. The summed E-state index contributed by atoms with van der Waals surface area (Å²) in [5, 5.41) is 6.32. The van der Waals surface area contributed by atoms with Crippen LogP contribution in [0.5, 0.6) is 0 Å². The Morgan fingerprint density at radius 3 is 2.27 bits per heavy atom. The molecule has 1 heterocycles. The number of hydrogen-bond acceptors (Lipinski definition) is 2. The molecule has 0 atom stereocenters. The van der Waals surface area contributed by atoms with Crippen molar-refractivity contribution >= 4 is 46.6 Å². The van der Waals surface area contributed by atoms with Crippen molar-refractivity contribution in [3.63, 3.8) is 0 Å². The summed E-state index contributed by atoms with van der Waals surface area (Å²) < 4.78 is 2.41. The summed E-state index contributed by atoms with van der Waals surface area (Å²) in [4.78, 5) is 2.45. The van der Waals surface area contributed by atoms with Gasteiger partial charge in [-0.05, 0) is 43.8 Å². The Hall–Kier alpha value is -1.26. The first-order valence-electron chi connectivity index (χ1n) is 9.21. The van der Waals surface area contributed by atoms with Gasteiger partial charge in [0.1, 0.15) is 0 Å². The van der Waals surface area contributed by atoms with Gasteiger partial charge in [-0.3, -0.25) is 0 Å². The summed E-state index contributed by atoms with van der Waals surface area (Å²) in [6.07, 6.45) is 0. The lowest BCUT2D eigenvalue weighted by molar-refractivity contribution is 0.302. The minimum Gasteiger partial charge on any atom is -0.341 e. The molecule has 26 heavy (non-hydrogen) atoms. The fourth-order valence-corrected chi connectivity index (χ4v) is 3.56. The van der Waals surface area contributed by atoms with Crippen molar-refractivity contribution in [1.29, 1.82) is 0 Å². The van der Waals surface area contributed by atoms with E-state index in [1.54, 1.807) is 0 Å². The third-order valence-electron chi connectivity index (χ3n) is 4.98. The molecule has 3 aromatic rings. The Balaban J connectivity index is 0.00000169. The van der Waals surface area contributed by atoms with Crippen molar-refractivity contribution in [2.75, 3.05) is 26.2 Å². The monoisotopic (exact) mass is 395 g/mol. The summed E-state index contributed by atoms with van der Waals surface area (Å²) in [5.41, 5.74) is 4.04. The van der Waals surface area contributed by atoms with Crippen molar-refractivity contribution in [2.24, 2.45) is 0 Å². The van der Waals surface area contributed by atoms with E-state index in [0.717, 1.165) is 39.3 Å². The highest BCUT2D eigenvalue weighted by Gasteiger charge is 2.09. The summed E-state index contributed by atoms with van der Waals surface area (Å²) in [6.45, 7) is 13.0. The van der Waals surface area contributed by atoms with Gasteiger partial charge in [0.25, 0.3) is 0 Å². The molecule has 2 aromatic carbocycles. The average Bonchev–Trinajstić information content (AvgIpc) is 2.95.